The van der Waals surface area contributed by atoms with Crippen LogP contribution in [0.2, 0.25) is 0 Å². The summed E-state index contributed by atoms with van der Waals surface area (Å²) in [4.78, 5) is 12.8. The Balaban J connectivity index is 2.25. The second kappa shape index (κ2) is 4.91. The predicted molar refractivity (Wildman–Crippen MR) is 68.4 cm³/mol. The summed E-state index contributed by atoms with van der Waals surface area (Å²) in [6.07, 6.45) is -0.419. The molecule has 0 N–H and O–H groups in total. The molecule has 0 radical (unpaired) electrons. The summed E-state index contributed by atoms with van der Waals surface area (Å²) >= 11 is 0. The predicted octanol–water partition coefficient (Wildman–Crippen LogP) is 2.15. The van der Waals surface area contributed by atoms with E-state index < -0.39 is 6.09 Å². The quantitative estimate of drug-likeness (QED) is 0.814. The van der Waals surface area contributed by atoms with Crippen LogP contribution in [0.25, 0.3) is 11.3 Å². The molecule has 1 amide bonds. The van der Waals surface area contributed by atoms with Crippen molar-refractivity contribution in [2.75, 3.05) is 14.1 Å². The lowest BCUT2D eigenvalue weighted by atomic mass is 10.2. The topological polar surface area (TPSA) is 47.4 Å². The number of nitrogens with zero attached hydrogens (tertiary/aromatic N) is 3. The van der Waals surface area contributed by atoms with Gasteiger partial charge in [-0.05, 0) is 0 Å². The van der Waals surface area contributed by atoms with E-state index in [-0.39, 0.29) is 0 Å². The van der Waals surface area contributed by atoms with E-state index in [1.165, 1.54) is 4.90 Å². The van der Waals surface area contributed by atoms with E-state index in [0.29, 0.717) is 5.88 Å². The Morgan fingerprint density at radius 3 is 2.56 bits per heavy atom. The molecule has 0 saturated carbocycles. The van der Waals surface area contributed by atoms with Gasteiger partial charge in [0.2, 0.25) is 5.88 Å². The average Bonchev–Trinajstić information content (AvgIpc) is 2.72. The maximum Gasteiger partial charge on any atom is 0.416 e. The van der Waals surface area contributed by atoms with Crippen LogP contribution in [0.15, 0.2) is 36.4 Å². The summed E-state index contributed by atoms with van der Waals surface area (Å²) in [6.45, 7) is 0. The highest BCUT2D eigenvalue weighted by Crippen LogP contribution is 2.22. The molecule has 94 valence electrons. The molecule has 1 aromatic heterocycles. The molecule has 0 unspecified atom stereocenters. The molecule has 2 rings (SSSR count). The van der Waals surface area contributed by atoms with Crippen LogP contribution in [-0.4, -0.2) is 34.9 Å². The molecule has 18 heavy (non-hydrogen) atoms. The van der Waals surface area contributed by atoms with Crippen molar-refractivity contribution in [3.8, 4) is 17.1 Å². The van der Waals surface area contributed by atoms with Crippen LogP contribution in [-0.2, 0) is 7.05 Å². The van der Waals surface area contributed by atoms with E-state index in [1.807, 2.05) is 30.3 Å². The third-order valence-corrected chi connectivity index (χ3v) is 2.46. The number of rotatable bonds is 2. The number of aryl methyl sites for hydroxylation is 1. The lowest BCUT2D eigenvalue weighted by Gasteiger charge is -2.09. The summed E-state index contributed by atoms with van der Waals surface area (Å²) in [6, 6.07) is 11.5. The molecule has 0 aliphatic carbocycles. The Bertz CT molecular complexity index is 547. The summed E-state index contributed by atoms with van der Waals surface area (Å²) in [5, 5.41) is 4.31. The third-order valence-electron chi connectivity index (χ3n) is 2.46. The van der Waals surface area contributed by atoms with Gasteiger partial charge in [0.15, 0.2) is 0 Å². The molecule has 2 aromatic rings. The van der Waals surface area contributed by atoms with Crippen molar-refractivity contribution >= 4 is 6.09 Å². The van der Waals surface area contributed by atoms with Crippen LogP contribution in [0, 0.1) is 0 Å². The molecule has 0 atom stereocenters. The van der Waals surface area contributed by atoms with Gasteiger partial charge in [0.05, 0.1) is 5.69 Å². The van der Waals surface area contributed by atoms with Gasteiger partial charge in [0, 0.05) is 32.8 Å². The van der Waals surface area contributed by atoms with Crippen LogP contribution in [0.1, 0.15) is 0 Å². The van der Waals surface area contributed by atoms with Gasteiger partial charge in [-0.3, -0.25) is 0 Å². The van der Waals surface area contributed by atoms with Gasteiger partial charge in [-0.15, -0.1) is 0 Å². The summed E-state index contributed by atoms with van der Waals surface area (Å²) in [5.41, 5.74) is 1.76. The number of hydrogen-bond acceptors (Lipinski definition) is 3. The molecule has 5 heteroatoms. The molecule has 0 bridgehead atoms. The maximum absolute atomic E-state index is 11.5. The molecule has 0 spiro atoms. The van der Waals surface area contributed by atoms with E-state index in [2.05, 4.69) is 5.10 Å². The molecule has 0 aliphatic heterocycles. The van der Waals surface area contributed by atoms with E-state index >= 15 is 0 Å². The summed E-state index contributed by atoms with van der Waals surface area (Å²) < 4.78 is 6.74. The number of hydrogen-bond donors (Lipinski definition) is 0. The minimum Gasteiger partial charge on any atom is -0.391 e. The van der Waals surface area contributed by atoms with E-state index in [9.17, 15) is 4.79 Å². The Hall–Kier alpha value is -2.30. The minimum atomic E-state index is -0.419. The van der Waals surface area contributed by atoms with Crippen LogP contribution < -0.4 is 4.74 Å². The van der Waals surface area contributed by atoms with Gasteiger partial charge in [0.1, 0.15) is 0 Å². The van der Waals surface area contributed by atoms with Crippen LogP contribution in [0.3, 0.4) is 0 Å². The van der Waals surface area contributed by atoms with Crippen molar-refractivity contribution in [2.24, 2.45) is 7.05 Å². The zero-order chi connectivity index (χ0) is 13.1. The average molecular weight is 245 g/mol. The summed E-state index contributed by atoms with van der Waals surface area (Å²) in [7, 11) is 5.01. The van der Waals surface area contributed by atoms with Crippen molar-refractivity contribution in [1.82, 2.24) is 14.7 Å². The Kier molecular flexibility index (Phi) is 3.32. The van der Waals surface area contributed by atoms with Crippen LogP contribution in [0.4, 0.5) is 4.79 Å². The van der Waals surface area contributed by atoms with Crippen LogP contribution >= 0.6 is 0 Å². The Morgan fingerprint density at radius 1 is 1.28 bits per heavy atom. The number of carbonyl (C=O) groups is 1. The first kappa shape index (κ1) is 12.2. The molecule has 1 aromatic carbocycles. The monoisotopic (exact) mass is 245 g/mol. The van der Waals surface area contributed by atoms with Gasteiger partial charge in [0.25, 0.3) is 0 Å². The Labute approximate surface area is 106 Å². The lowest BCUT2D eigenvalue weighted by Crippen LogP contribution is -2.26. The largest absolute Gasteiger partial charge is 0.416 e. The van der Waals surface area contributed by atoms with Crippen molar-refractivity contribution in [1.29, 1.82) is 0 Å². The summed E-state index contributed by atoms with van der Waals surface area (Å²) in [5.74, 6) is 0.424. The number of aromatic nitrogens is 2. The van der Waals surface area contributed by atoms with Crippen molar-refractivity contribution in [3.63, 3.8) is 0 Å². The smallest absolute Gasteiger partial charge is 0.391 e. The van der Waals surface area contributed by atoms with Crippen molar-refractivity contribution in [3.05, 3.63) is 36.4 Å². The van der Waals surface area contributed by atoms with Gasteiger partial charge in [-0.25, -0.2) is 9.48 Å². The van der Waals surface area contributed by atoms with Crippen LogP contribution in [0.5, 0.6) is 5.88 Å². The lowest BCUT2D eigenvalue weighted by molar-refractivity contribution is 0.168. The Morgan fingerprint density at radius 2 is 1.94 bits per heavy atom. The van der Waals surface area contributed by atoms with Gasteiger partial charge < -0.3 is 9.64 Å². The fourth-order valence-electron chi connectivity index (χ4n) is 1.48. The zero-order valence-electron chi connectivity index (χ0n) is 10.6. The third kappa shape index (κ3) is 2.51. The highest BCUT2D eigenvalue weighted by Gasteiger charge is 2.13. The number of benzene rings is 1. The second-order valence-electron chi connectivity index (χ2n) is 4.12. The minimum absolute atomic E-state index is 0.419. The van der Waals surface area contributed by atoms with Crippen molar-refractivity contribution in [2.45, 2.75) is 0 Å². The molecule has 0 aliphatic rings. The number of ether oxygens (including phenoxy) is 1. The van der Waals surface area contributed by atoms with Gasteiger partial charge >= 0.3 is 6.09 Å². The van der Waals surface area contributed by atoms with Crippen molar-refractivity contribution < 1.29 is 9.53 Å². The van der Waals surface area contributed by atoms with Gasteiger partial charge in [-0.1, -0.05) is 30.3 Å². The molecular formula is C13H15N3O2. The van der Waals surface area contributed by atoms with E-state index in [4.69, 9.17) is 4.74 Å². The molecule has 0 fully saturated rings. The fourth-order valence-corrected chi connectivity index (χ4v) is 1.48. The number of carbonyl (C=O) groups excluding carboxylic acids is 1. The molecule has 0 saturated heterocycles. The highest BCUT2D eigenvalue weighted by molar-refractivity contribution is 5.70. The van der Waals surface area contributed by atoms with Gasteiger partial charge in [-0.2, -0.15) is 5.10 Å². The molecular weight excluding hydrogens is 230 g/mol. The standard InChI is InChI=1S/C13H15N3O2/c1-15(2)13(17)18-12-9-11(14-16(12)3)10-7-5-4-6-8-10/h4-9H,1-3H3. The first-order valence-electron chi connectivity index (χ1n) is 5.56. The van der Waals surface area contributed by atoms with E-state index in [0.717, 1.165) is 11.3 Å². The first-order valence-corrected chi connectivity index (χ1v) is 5.56. The fraction of sp³-hybridized carbons (Fsp3) is 0.231. The molecule has 1 heterocycles. The number of amides is 1. The SMILES string of the molecule is CN(C)C(=O)Oc1cc(-c2ccccc2)nn1C. The second-order valence-corrected chi connectivity index (χ2v) is 4.12. The highest BCUT2D eigenvalue weighted by atomic mass is 16.6. The molecule has 5 nitrogen and oxygen atoms in total. The van der Waals surface area contributed by atoms with E-state index in [1.54, 1.807) is 31.9 Å². The normalized spacial score (nSPS) is 10.2. The maximum atomic E-state index is 11.5. The zero-order valence-corrected chi connectivity index (χ0v) is 10.6. The first-order chi connectivity index (χ1) is 8.58.